The zero-order valence-corrected chi connectivity index (χ0v) is 22.2. The van der Waals surface area contributed by atoms with E-state index in [1.54, 1.807) is 21.3 Å². The fourth-order valence-corrected chi connectivity index (χ4v) is 6.19. The normalized spacial score (nSPS) is 14.2. The summed E-state index contributed by atoms with van der Waals surface area (Å²) in [6.07, 6.45) is 24.4. The van der Waals surface area contributed by atoms with E-state index in [1.165, 1.54) is 103 Å². The van der Waals surface area contributed by atoms with E-state index in [4.69, 9.17) is 19.0 Å². The molecule has 5 heteroatoms. The molecule has 1 atom stereocenters. The first-order chi connectivity index (χ1) is 14.4. The monoisotopic (exact) mass is 445 g/mol. The molecule has 0 aliphatic rings. The van der Waals surface area contributed by atoms with Gasteiger partial charge in [-0.2, -0.15) is 0 Å². The summed E-state index contributed by atoms with van der Waals surface area (Å²) in [5, 5.41) is 0. The number of rotatable bonds is 23. The summed E-state index contributed by atoms with van der Waals surface area (Å²) in [5.74, 6) is 0. The van der Waals surface area contributed by atoms with Gasteiger partial charge >= 0.3 is 8.80 Å². The van der Waals surface area contributed by atoms with Crippen LogP contribution in [0.15, 0.2) is 0 Å². The van der Waals surface area contributed by atoms with Gasteiger partial charge in [-0.3, -0.25) is 0 Å². The minimum Gasteiger partial charge on any atom is -0.377 e. The van der Waals surface area contributed by atoms with Crippen molar-refractivity contribution in [2.24, 2.45) is 5.73 Å². The van der Waals surface area contributed by atoms with Crippen molar-refractivity contribution in [2.45, 2.75) is 141 Å². The van der Waals surface area contributed by atoms with E-state index < -0.39 is 8.80 Å². The summed E-state index contributed by atoms with van der Waals surface area (Å²) < 4.78 is 16.5. The van der Waals surface area contributed by atoms with Gasteiger partial charge in [0.1, 0.15) is 0 Å². The third-order valence-electron chi connectivity index (χ3n) is 6.54. The lowest BCUT2D eigenvalue weighted by molar-refractivity contribution is 0.120. The molecule has 0 rings (SSSR count). The molecule has 30 heavy (non-hydrogen) atoms. The average Bonchev–Trinajstić information content (AvgIpc) is 2.75. The first-order valence-electron chi connectivity index (χ1n) is 12.9. The molecule has 0 aromatic rings. The van der Waals surface area contributed by atoms with Crippen molar-refractivity contribution in [3.63, 3.8) is 0 Å². The number of hydrogen-bond acceptors (Lipinski definition) is 4. The lowest BCUT2D eigenvalue weighted by Crippen LogP contribution is -2.46. The fourth-order valence-electron chi connectivity index (χ4n) is 4.20. The van der Waals surface area contributed by atoms with E-state index in [0.29, 0.717) is 0 Å². The molecule has 0 fully saturated rings. The zero-order chi connectivity index (χ0) is 22.6. The summed E-state index contributed by atoms with van der Waals surface area (Å²) in [4.78, 5) is 0. The second kappa shape index (κ2) is 19.7. The molecule has 0 aromatic heterocycles. The van der Waals surface area contributed by atoms with Crippen molar-refractivity contribution < 1.29 is 13.3 Å². The van der Waals surface area contributed by atoms with Gasteiger partial charge in [0.05, 0.1) is 0 Å². The van der Waals surface area contributed by atoms with Crippen LogP contribution in [0.2, 0.25) is 6.04 Å². The van der Waals surface area contributed by atoms with E-state index in [0.717, 1.165) is 18.9 Å². The lowest BCUT2D eigenvalue weighted by Gasteiger charge is -2.30. The van der Waals surface area contributed by atoms with Crippen molar-refractivity contribution >= 4 is 8.80 Å². The summed E-state index contributed by atoms with van der Waals surface area (Å²) in [7, 11) is 2.51. The predicted molar refractivity (Wildman–Crippen MR) is 133 cm³/mol. The van der Waals surface area contributed by atoms with E-state index in [-0.39, 0.29) is 5.54 Å². The van der Waals surface area contributed by atoms with Gasteiger partial charge in [-0.1, -0.05) is 110 Å². The first kappa shape index (κ1) is 30.1. The molecule has 0 saturated heterocycles. The highest BCUT2D eigenvalue weighted by atomic mass is 28.4. The van der Waals surface area contributed by atoms with Gasteiger partial charge in [0.15, 0.2) is 0 Å². The third kappa shape index (κ3) is 16.7. The van der Waals surface area contributed by atoms with Gasteiger partial charge < -0.3 is 19.0 Å². The molecule has 0 bridgehead atoms. The molecule has 0 spiro atoms. The van der Waals surface area contributed by atoms with E-state index in [1.807, 2.05) is 0 Å². The Morgan fingerprint density at radius 2 is 0.900 bits per heavy atom. The molecule has 2 N–H and O–H groups in total. The quantitative estimate of drug-likeness (QED) is 0.130. The lowest BCUT2D eigenvalue weighted by atomic mass is 9.92. The van der Waals surface area contributed by atoms with Crippen LogP contribution in [0.25, 0.3) is 0 Å². The standard InChI is InChI=1S/C25H55NO3Si/c1-6-7-8-9-10-11-12-13-14-15-16-17-18-19-20-21-22-25(2,26)23-24-30(27-3,28-4)29-5/h6-24,26H2,1-5H3. The minimum atomic E-state index is -2.50. The maximum absolute atomic E-state index is 6.50. The van der Waals surface area contributed by atoms with Crippen molar-refractivity contribution in [2.75, 3.05) is 21.3 Å². The van der Waals surface area contributed by atoms with Crippen LogP contribution in [-0.4, -0.2) is 35.7 Å². The Labute approximate surface area is 190 Å². The molecule has 0 radical (unpaired) electrons. The Morgan fingerprint density at radius 1 is 0.567 bits per heavy atom. The Hall–Kier alpha value is 0.0569. The first-order valence-corrected chi connectivity index (χ1v) is 14.8. The topological polar surface area (TPSA) is 53.7 Å². The van der Waals surface area contributed by atoms with Crippen molar-refractivity contribution in [1.29, 1.82) is 0 Å². The van der Waals surface area contributed by atoms with Gasteiger partial charge in [0, 0.05) is 32.9 Å². The van der Waals surface area contributed by atoms with Crippen LogP contribution in [0.4, 0.5) is 0 Å². The van der Waals surface area contributed by atoms with Gasteiger partial charge in [0.25, 0.3) is 0 Å². The van der Waals surface area contributed by atoms with Crippen molar-refractivity contribution in [1.82, 2.24) is 0 Å². The summed E-state index contributed by atoms with van der Waals surface area (Å²) in [5.41, 5.74) is 6.34. The Balaban J connectivity index is 3.48. The van der Waals surface area contributed by atoms with Crippen molar-refractivity contribution in [3.05, 3.63) is 0 Å². The molecule has 0 aliphatic carbocycles. The maximum Gasteiger partial charge on any atom is 0.500 e. The minimum absolute atomic E-state index is 0.163. The second-order valence-electron chi connectivity index (χ2n) is 9.50. The van der Waals surface area contributed by atoms with Crippen LogP contribution in [0.1, 0.15) is 129 Å². The smallest absolute Gasteiger partial charge is 0.377 e. The van der Waals surface area contributed by atoms with E-state index in [2.05, 4.69) is 13.8 Å². The average molecular weight is 446 g/mol. The highest BCUT2D eigenvalue weighted by molar-refractivity contribution is 6.60. The number of unbranched alkanes of at least 4 members (excludes halogenated alkanes) is 15. The van der Waals surface area contributed by atoms with Gasteiger partial charge in [-0.25, -0.2) is 0 Å². The van der Waals surface area contributed by atoms with Gasteiger partial charge in [-0.05, 0) is 19.8 Å². The van der Waals surface area contributed by atoms with Crippen LogP contribution in [-0.2, 0) is 13.3 Å². The molecule has 0 amide bonds. The van der Waals surface area contributed by atoms with Gasteiger partial charge in [-0.15, -0.1) is 0 Å². The SMILES string of the molecule is CCCCCCCCCCCCCCCCCCC(C)(N)CC[Si](OC)(OC)OC. The Kier molecular flexibility index (Phi) is 19.8. The molecule has 182 valence electrons. The molecular weight excluding hydrogens is 390 g/mol. The highest BCUT2D eigenvalue weighted by Crippen LogP contribution is 2.24. The Morgan fingerprint density at radius 3 is 1.23 bits per heavy atom. The molecule has 0 aliphatic heterocycles. The maximum atomic E-state index is 6.50. The molecular formula is C25H55NO3Si. The number of hydrogen-bond donors (Lipinski definition) is 1. The predicted octanol–water partition coefficient (Wildman–Crippen LogP) is 7.62. The summed E-state index contributed by atoms with van der Waals surface area (Å²) >= 11 is 0. The van der Waals surface area contributed by atoms with E-state index >= 15 is 0 Å². The fraction of sp³-hybridized carbons (Fsp3) is 1.00. The van der Waals surface area contributed by atoms with E-state index in [9.17, 15) is 0 Å². The highest BCUT2D eigenvalue weighted by Gasteiger charge is 2.39. The van der Waals surface area contributed by atoms with Crippen LogP contribution in [0.3, 0.4) is 0 Å². The molecule has 1 unspecified atom stereocenters. The van der Waals surface area contributed by atoms with Gasteiger partial charge in [0.2, 0.25) is 0 Å². The molecule has 0 heterocycles. The third-order valence-corrected chi connectivity index (χ3v) is 9.27. The second-order valence-corrected chi connectivity index (χ2v) is 12.6. The molecule has 0 saturated carbocycles. The Bertz CT molecular complexity index is 354. The zero-order valence-electron chi connectivity index (χ0n) is 21.2. The van der Waals surface area contributed by atoms with Crippen LogP contribution >= 0.6 is 0 Å². The van der Waals surface area contributed by atoms with Crippen molar-refractivity contribution in [3.8, 4) is 0 Å². The largest absolute Gasteiger partial charge is 0.500 e. The van der Waals surface area contributed by atoms with Crippen LogP contribution in [0.5, 0.6) is 0 Å². The van der Waals surface area contributed by atoms with Crippen LogP contribution in [0, 0.1) is 0 Å². The molecule has 4 nitrogen and oxygen atoms in total. The molecule has 0 aromatic carbocycles. The van der Waals surface area contributed by atoms with Crippen LogP contribution < -0.4 is 5.73 Å². The summed E-state index contributed by atoms with van der Waals surface area (Å²) in [6, 6.07) is 0.780. The number of nitrogens with two attached hydrogens (primary N) is 1. The summed E-state index contributed by atoms with van der Waals surface area (Å²) in [6.45, 7) is 4.44.